The van der Waals surface area contributed by atoms with E-state index < -0.39 is 0 Å². The lowest BCUT2D eigenvalue weighted by Gasteiger charge is -2.37. The topological polar surface area (TPSA) is 162 Å². The average Bonchev–Trinajstić information content (AvgIpc) is 3.43. The van der Waals surface area contributed by atoms with E-state index in [0.29, 0.717) is 29.1 Å². The second kappa shape index (κ2) is 42.5. The lowest BCUT2D eigenvalue weighted by atomic mass is 9.72. The summed E-state index contributed by atoms with van der Waals surface area (Å²) < 4.78 is 0. The highest BCUT2D eigenvalue weighted by molar-refractivity contribution is 4.86. The fourth-order valence-corrected chi connectivity index (χ4v) is 15.3. The first-order valence-electron chi connectivity index (χ1n) is 35.2. The molecule has 0 aromatic rings. The summed E-state index contributed by atoms with van der Waals surface area (Å²) in [5, 5.41) is 75.6. The predicted molar refractivity (Wildman–Crippen MR) is 343 cm³/mol. The predicted octanol–water partition coefficient (Wildman–Crippen LogP) is 17.8. The van der Waals surface area contributed by atoms with Crippen LogP contribution in [0.15, 0.2) is 0 Å². The van der Waals surface area contributed by atoms with Crippen molar-refractivity contribution in [2.75, 3.05) is 0 Å². The minimum atomic E-state index is -0.0359. The van der Waals surface area contributed by atoms with Gasteiger partial charge in [0.25, 0.3) is 0 Å². The van der Waals surface area contributed by atoms with Crippen molar-refractivity contribution in [3.8, 4) is 0 Å². The highest BCUT2D eigenvalue weighted by Crippen LogP contribution is 2.40. The van der Waals surface area contributed by atoms with Gasteiger partial charge in [0.15, 0.2) is 0 Å². The Morgan fingerprint density at radius 3 is 1.43 bits per heavy atom. The van der Waals surface area contributed by atoms with Crippen molar-refractivity contribution in [2.24, 2.45) is 81.8 Å². The van der Waals surface area contributed by atoms with Gasteiger partial charge in [0.1, 0.15) is 0 Å². The van der Waals surface area contributed by atoms with Crippen molar-refractivity contribution in [1.29, 1.82) is 0 Å². The third-order valence-electron chi connectivity index (χ3n) is 22.7. The molecule has 22 atom stereocenters. The Hall–Kier alpha value is -0.320. The molecule has 480 valence electrons. The highest BCUT2D eigenvalue weighted by Gasteiger charge is 2.34. The van der Waals surface area contributed by atoms with Crippen LogP contribution >= 0.6 is 0 Å². The van der Waals surface area contributed by atoms with Crippen LogP contribution in [0.3, 0.4) is 0 Å². The van der Waals surface area contributed by atoms with E-state index in [-0.39, 0.29) is 54.2 Å². The molecular weight excluding hydrogens is 993 g/mol. The van der Waals surface area contributed by atoms with Gasteiger partial charge in [-0.25, -0.2) is 0 Å². The van der Waals surface area contributed by atoms with E-state index in [1.54, 1.807) is 0 Å². The number of hydrogen-bond acceptors (Lipinski definition) is 8. The Labute approximate surface area is 498 Å². The van der Waals surface area contributed by atoms with Crippen LogP contribution in [0.4, 0.5) is 0 Å². The second-order valence-corrected chi connectivity index (χ2v) is 29.5. The van der Waals surface area contributed by atoms with Crippen LogP contribution in [0, 0.1) is 81.8 Å². The summed E-state index contributed by atoms with van der Waals surface area (Å²) in [6.07, 6.45) is 39.7. The molecule has 0 aromatic heterocycles. The van der Waals surface area contributed by atoms with Crippen LogP contribution in [-0.2, 0) is 0 Å². The summed E-state index contributed by atoms with van der Waals surface area (Å²) in [4.78, 5) is 0. The van der Waals surface area contributed by atoms with Crippen LogP contribution < -0.4 is 0 Å². The lowest BCUT2D eigenvalue weighted by molar-refractivity contribution is -0.00178. The Morgan fingerprint density at radius 2 is 0.950 bits per heavy atom. The van der Waals surface area contributed by atoms with Gasteiger partial charge in [-0.05, 0) is 217 Å². The molecule has 8 fully saturated rings. The first kappa shape index (κ1) is 77.7. The van der Waals surface area contributed by atoms with Gasteiger partial charge in [0.2, 0.25) is 0 Å². The molecule has 0 amide bonds. The van der Waals surface area contributed by atoms with E-state index in [0.717, 1.165) is 137 Å². The van der Waals surface area contributed by atoms with Gasteiger partial charge in [-0.2, -0.15) is 0 Å². The largest absolute Gasteiger partial charge is 0.393 e. The van der Waals surface area contributed by atoms with E-state index in [4.69, 9.17) is 0 Å². The summed E-state index contributed by atoms with van der Waals surface area (Å²) in [6, 6.07) is 0. The Bertz CT molecular complexity index is 1420. The van der Waals surface area contributed by atoms with Crippen LogP contribution in [0.1, 0.15) is 329 Å². The van der Waals surface area contributed by atoms with Crippen molar-refractivity contribution in [3.05, 3.63) is 0 Å². The van der Waals surface area contributed by atoms with Gasteiger partial charge in [0, 0.05) is 0 Å². The lowest BCUT2D eigenvalue weighted by Crippen LogP contribution is -2.34. The van der Waals surface area contributed by atoms with Crippen LogP contribution in [0.25, 0.3) is 0 Å². The Balaban J connectivity index is 0.000000457. The van der Waals surface area contributed by atoms with E-state index in [1.165, 1.54) is 128 Å². The normalized spacial score (nSPS) is 41.7. The zero-order valence-electron chi connectivity index (χ0n) is 56.2. The van der Waals surface area contributed by atoms with Gasteiger partial charge in [-0.15, -0.1) is 0 Å². The molecule has 8 saturated carbocycles. The summed E-state index contributed by atoms with van der Waals surface area (Å²) in [7, 11) is 0. The summed E-state index contributed by atoms with van der Waals surface area (Å²) in [5.74, 6) is 8.68. The molecule has 0 bridgehead atoms. The molecule has 0 radical (unpaired) electrons. The second-order valence-electron chi connectivity index (χ2n) is 29.5. The van der Waals surface area contributed by atoms with E-state index >= 15 is 0 Å². The maximum Gasteiger partial charge on any atom is 0.0593 e. The molecule has 8 aliphatic rings. The maximum absolute atomic E-state index is 9.63. The quantitative estimate of drug-likeness (QED) is 0.119. The standard InChI is InChI=1S/8C9H18O/c1-3-8-4-7(2)5-9(10)6-8;1-3-8-4-5-9(10)7(2)6-8;1-3-8-6-9(10)5-4-7(8)2;1-3-8-6-7(2)4-5-9(8)10;1-3-8-5-4-7(2)6-9(8)10;1-3-9(2)6-4-5-8(10)7-9;1-3-9(2)7-5-4-6-8(9)10;1-3-8-5-4-6-9(10)7(8)2/h5*7-10H,3-6H2,1-2H3;2*8,10H,3-7H2,1-2H3;7-10H,3-6H2,1-2H3. The molecule has 8 heteroatoms. The minimum Gasteiger partial charge on any atom is -0.393 e. The number of hydrogen-bond donors (Lipinski definition) is 8. The van der Waals surface area contributed by atoms with Gasteiger partial charge in [0.05, 0.1) is 48.8 Å². The van der Waals surface area contributed by atoms with Crippen molar-refractivity contribution in [1.82, 2.24) is 0 Å². The van der Waals surface area contributed by atoms with Crippen molar-refractivity contribution in [3.63, 3.8) is 0 Å². The summed E-state index contributed by atoms with van der Waals surface area (Å²) >= 11 is 0. The smallest absolute Gasteiger partial charge is 0.0593 e. The molecule has 8 rings (SSSR count). The molecular formula is C72H144O8. The molecule has 0 aromatic carbocycles. The molecule has 0 aliphatic heterocycles. The fraction of sp³-hybridized carbons (Fsp3) is 1.00. The Morgan fingerprint density at radius 1 is 0.338 bits per heavy atom. The van der Waals surface area contributed by atoms with Crippen molar-refractivity contribution < 1.29 is 40.9 Å². The maximum atomic E-state index is 9.63. The zero-order chi connectivity index (χ0) is 60.6. The van der Waals surface area contributed by atoms with E-state index in [1.807, 2.05) is 0 Å². The van der Waals surface area contributed by atoms with Crippen LogP contribution in [0.5, 0.6) is 0 Å². The van der Waals surface area contributed by atoms with Gasteiger partial charge in [-0.3, -0.25) is 0 Å². The molecule has 0 heterocycles. The van der Waals surface area contributed by atoms with Gasteiger partial charge >= 0.3 is 0 Å². The molecule has 8 nitrogen and oxygen atoms in total. The monoisotopic (exact) mass is 1140 g/mol. The van der Waals surface area contributed by atoms with Crippen LogP contribution in [0.2, 0.25) is 0 Å². The SMILES string of the molecule is CCC1(C)CCCC(O)C1.CCC1(C)CCCCC1O.CCC1CC(C)CC(O)C1.CCC1CC(C)CCC1O.CCC1CC(O)CCC1C.CCC1CCC(C)CC1O.CCC1CCC(O)C(C)C1.CCC1CCCC(O)C1C. The highest BCUT2D eigenvalue weighted by atomic mass is 16.3. The number of aliphatic hydroxyl groups is 8. The molecule has 22 unspecified atom stereocenters. The van der Waals surface area contributed by atoms with Gasteiger partial charge < -0.3 is 40.9 Å². The van der Waals surface area contributed by atoms with Gasteiger partial charge in [-0.1, -0.05) is 194 Å². The molecule has 0 saturated heterocycles. The summed E-state index contributed by atoms with van der Waals surface area (Å²) in [6.45, 7) is 35.5. The average molecular weight is 1140 g/mol. The first-order chi connectivity index (χ1) is 37.8. The summed E-state index contributed by atoms with van der Waals surface area (Å²) in [5.41, 5.74) is 0.677. The minimum absolute atomic E-state index is 0.00106. The molecule has 0 spiro atoms. The third kappa shape index (κ3) is 30.8. The number of aliphatic hydroxyl groups excluding tert-OH is 8. The Kier molecular flexibility index (Phi) is 41.3. The number of rotatable bonds is 8. The van der Waals surface area contributed by atoms with Crippen molar-refractivity contribution in [2.45, 2.75) is 378 Å². The van der Waals surface area contributed by atoms with E-state index in [2.05, 4.69) is 111 Å². The van der Waals surface area contributed by atoms with Crippen LogP contribution in [-0.4, -0.2) is 89.7 Å². The first-order valence-corrected chi connectivity index (χ1v) is 35.2. The molecule has 8 N–H and O–H groups in total. The molecule has 80 heavy (non-hydrogen) atoms. The fourth-order valence-electron chi connectivity index (χ4n) is 15.3. The van der Waals surface area contributed by atoms with Crippen molar-refractivity contribution >= 4 is 0 Å². The molecule has 8 aliphatic carbocycles. The third-order valence-corrected chi connectivity index (χ3v) is 22.7. The zero-order valence-corrected chi connectivity index (χ0v) is 56.2. The van der Waals surface area contributed by atoms with E-state index in [9.17, 15) is 40.9 Å².